The lowest BCUT2D eigenvalue weighted by Crippen LogP contribution is -2.25. The Labute approximate surface area is 191 Å². The summed E-state index contributed by atoms with van der Waals surface area (Å²) in [6.45, 7) is 2.77. The van der Waals surface area contributed by atoms with Gasteiger partial charge in [0.25, 0.3) is 0 Å². The van der Waals surface area contributed by atoms with Crippen molar-refractivity contribution in [3.05, 3.63) is 59.4 Å². The standard InChI is InChI=1S/C23H26ClN5OS/c1-16-5-2-3-7-20(16)29-22(18-6-4-12-25-14-18)27-28-23(29)31-15-21(30)26-13-17-8-10-19(24)11-9-17/h4,6,8-12,14,16,20H,2-3,5,7,13,15H2,1H3,(H,26,30)/t16-,20+/m0/s1. The fourth-order valence-corrected chi connectivity index (χ4v) is 4.98. The lowest BCUT2D eigenvalue weighted by Gasteiger charge is -2.31. The van der Waals surface area contributed by atoms with Crippen molar-refractivity contribution in [3.8, 4) is 11.4 Å². The summed E-state index contributed by atoms with van der Waals surface area (Å²) in [7, 11) is 0. The largest absolute Gasteiger partial charge is 0.351 e. The Morgan fingerprint density at radius 2 is 2.00 bits per heavy atom. The third-order valence-corrected chi connectivity index (χ3v) is 6.91. The molecule has 1 aromatic carbocycles. The van der Waals surface area contributed by atoms with E-state index in [0.29, 0.717) is 29.3 Å². The first kappa shape index (κ1) is 21.8. The first-order valence-corrected chi connectivity index (χ1v) is 12.0. The Kier molecular flexibility index (Phi) is 7.25. The van der Waals surface area contributed by atoms with Crippen LogP contribution < -0.4 is 5.32 Å². The predicted molar refractivity (Wildman–Crippen MR) is 124 cm³/mol. The molecular formula is C23H26ClN5OS. The van der Waals surface area contributed by atoms with Gasteiger partial charge in [-0.1, -0.05) is 55.3 Å². The van der Waals surface area contributed by atoms with Crippen LogP contribution in [0.1, 0.15) is 44.2 Å². The SMILES string of the molecule is C[C@H]1CCCC[C@H]1n1c(SCC(=O)NCc2ccc(Cl)cc2)nnc1-c1cccnc1. The van der Waals surface area contributed by atoms with Crippen molar-refractivity contribution in [3.63, 3.8) is 0 Å². The van der Waals surface area contributed by atoms with Crippen LogP contribution in [0, 0.1) is 5.92 Å². The van der Waals surface area contributed by atoms with Crippen LogP contribution in [0.5, 0.6) is 0 Å². The van der Waals surface area contributed by atoms with E-state index in [0.717, 1.165) is 28.5 Å². The van der Waals surface area contributed by atoms with Crippen LogP contribution in [0.2, 0.25) is 5.02 Å². The monoisotopic (exact) mass is 455 g/mol. The molecular weight excluding hydrogens is 430 g/mol. The van der Waals surface area contributed by atoms with Crippen molar-refractivity contribution in [2.24, 2.45) is 5.92 Å². The van der Waals surface area contributed by atoms with E-state index in [1.165, 1.54) is 31.0 Å². The van der Waals surface area contributed by atoms with Crippen molar-refractivity contribution >= 4 is 29.3 Å². The highest BCUT2D eigenvalue weighted by Crippen LogP contribution is 2.38. The van der Waals surface area contributed by atoms with E-state index in [-0.39, 0.29) is 5.91 Å². The smallest absolute Gasteiger partial charge is 0.230 e. The van der Waals surface area contributed by atoms with E-state index >= 15 is 0 Å². The fraction of sp³-hybridized carbons (Fsp3) is 0.391. The van der Waals surface area contributed by atoms with Crippen LogP contribution in [0.4, 0.5) is 0 Å². The molecule has 0 spiro atoms. The minimum atomic E-state index is -0.0332. The quantitative estimate of drug-likeness (QED) is 0.498. The number of nitrogens with one attached hydrogen (secondary N) is 1. The van der Waals surface area contributed by atoms with Gasteiger partial charge in [-0.25, -0.2) is 0 Å². The predicted octanol–water partition coefficient (Wildman–Crippen LogP) is 5.15. The average Bonchev–Trinajstić information content (AvgIpc) is 3.22. The molecule has 0 saturated heterocycles. The summed E-state index contributed by atoms with van der Waals surface area (Å²) >= 11 is 7.36. The highest BCUT2D eigenvalue weighted by molar-refractivity contribution is 7.99. The minimum absolute atomic E-state index is 0.0332. The number of pyridine rings is 1. The Morgan fingerprint density at radius 1 is 1.19 bits per heavy atom. The van der Waals surface area contributed by atoms with Crippen LogP contribution in [0.3, 0.4) is 0 Å². The molecule has 1 fully saturated rings. The molecule has 6 nitrogen and oxygen atoms in total. The maximum Gasteiger partial charge on any atom is 0.230 e. The van der Waals surface area contributed by atoms with Gasteiger partial charge >= 0.3 is 0 Å². The molecule has 3 aromatic rings. The van der Waals surface area contributed by atoms with Crippen molar-refractivity contribution in [1.82, 2.24) is 25.1 Å². The first-order valence-electron chi connectivity index (χ1n) is 10.6. The third kappa shape index (κ3) is 5.46. The van der Waals surface area contributed by atoms with Crippen LogP contribution >= 0.6 is 23.4 Å². The van der Waals surface area contributed by atoms with E-state index in [1.54, 1.807) is 6.20 Å². The lowest BCUT2D eigenvalue weighted by molar-refractivity contribution is -0.118. The summed E-state index contributed by atoms with van der Waals surface area (Å²) in [4.78, 5) is 16.7. The van der Waals surface area contributed by atoms with Gasteiger partial charge in [-0.15, -0.1) is 10.2 Å². The molecule has 1 saturated carbocycles. The number of halogens is 1. The molecule has 1 N–H and O–H groups in total. The summed E-state index contributed by atoms with van der Waals surface area (Å²) in [6, 6.07) is 11.7. The van der Waals surface area contributed by atoms with Crippen LogP contribution in [-0.2, 0) is 11.3 Å². The molecule has 31 heavy (non-hydrogen) atoms. The maximum atomic E-state index is 12.5. The number of hydrogen-bond donors (Lipinski definition) is 1. The molecule has 162 valence electrons. The number of amides is 1. The van der Waals surface area contributed by atoms with E-state index in [4.69, 9.17) is 11.6 Å². The highest BCUT2D eigenvalue weighted by atomic mass is 35.5. The second kappa shape index (κ2) is 10.3. The second-order valence-corrected chi connectivity index (χ2v) is 9.32. The number of hydrogen-bond acceptors (Lipinski definition) is 5. The van der Waals surface area contributed by atoms with E-state index in [1.807, 2.05) is 42.6 Å². The topological polar surface area (TPSA) is 72.7 Å². The minimum Gasteiger partial charge on any atom is -0.351 e. The van der Waals surface area contributed by atoms with Crippen molar-refractivity contribution in [2.75, 3.05) is 5.75 Å². The maximum absolute atomic E-state index is 12.5. The first-order chi connectivity index (χ1) is 15.1. The number of carbonyl (C=O) groups is 1. The number of aromatic nitrogens is 4. The van der Waals surface area contributed by atoms with Gasteiger partial charge in [-0.2, -0.15) is 0 Å². The van der Waals surface area contributed by atoms with Crippen LogP contribution in [0.25, 0.3) is 11.4 Å². The Balaban J connectivity index is 1.47. The lowest BCUT2D eigenvalue weighted by atomic mass is 9.85. The molecule has 4 rings (SSSR count). The molecule has 1 aliphatic rings. The molecule has 2 atom stereocenters. The molecule has 1 amide bonds. The van der Waals surface area contributed by atoms with Crippen LogP contribution in [0.15, 0.2) is 53.9 Å². The number of carbonyl (C=O) groups excluding carboxylic acids is 1. The Hall–Kier alpha value is -2.38. The van der Waals surface area contributed by atoms with E-state index in [2.05, 4.69) is 32.0 Å². The normalized spacial score (nSPS) is 18.6. The van der Waals surface area contributed by atoms with Gasteiger partial charge in [-0.05, 0) is 48.6 Å². The Morgan fingerprint density at radius 3 is 2.74 bits per heavy atom. The molecule has 2 heterocycles. The van der Waals surface area contributed by atoms with Crippen molar-refractivity contribution < 1.29 is 4.79 Å². The molecule has 0 unspecified atom stereocenters. The molecule has 0 aliphatic heterocycles. The van der Waals surface area contributed by atoms with Gasteiger partial charge in [0.05, 0.1) is 5.75 Å². The van der Waals surface area contributed by atoms with Gasteiger partial charge in [0.2, 0.25) is 5.91 Å². The molecule has 2 aromatic heterocycles. The van der Waals surface area contributed by atoms with Gasteiger partial charge in [0.15, 0.2) is 11.0 Å². The number of nitrogens with zero attached hydrogens (tertiary/aromatic N) is 4. The highest BCUT2D eigenvalue weighted by Gasteiger charge is 2.29. The van der Waals surface area contributed by atoms with Crippen molar-refractivity contribution in [1.29, 1.82) is 0 Å². The zero-order valence-corrected chi connectivity index (χ0v) is 19.1. The zero-order chi connectivity index (χ0) is 21.6. The summed E-state index contributed by atoms with van der Waals surface area (Å²) in [5, 5.41) is 13.4. The summed E-state index contributed by atoms with van der Waals surface area (Å²) in [6.07, 6.45) is 8.34. The number of thioether (sulfide) groups is 1. The number of rotatable bonds is 7. The molecule has 0 bridgehead atoms. The van der Waals surface area contributed by atoms with E-state index in [9.17, 15) is 4.79 Å². The molecule has 8 heteroatoms. The van der Waals surface area contributed by atoms with Gasteiger partial charge in [0.1, 0.15) is 0 Å². The summed E-state index contributed by atoms with van der Waals surface area (Å²) < 4.78 is 2.23. The zero-order valence-electron chi connectivity index (χ0n) is 17.5. The number of benzene rings is 1. The molecule has 0 radical (unpaired) electrons. The Bertz CT molecular complexity index is 1010. The fourth-order valence-electron chi connectivity index (χ4n) is 4.03. The second-order valence-electron chi connectivity index (χ2n) is 7.94. The van der Waals surface area contributed by atoms with Gasteiger partial charge < -0.3 is 5.32 Å². The van der Waals surface area contributed by atoms with E-state index < -0.39 is 0 Å². The van der Waals surface area contributed by atoms with Gasteiger partial charge in [-0.3, -0.25) is 14.3 Å². The average molecular weight is 456 g/mol. The third-order valence-electron chi connectivity index (χ3n) is 5.72. The molecule has 1 aliphatic carbocycles. The summed E-state index contributed by atoms with van der Waals surface area (Å²) in [5.74, 6) is 1.63. The van der Waals surface area contributed by atoms with Crippen LogP contribution in [-0.4, -0.2) is 31.4 Å². The van der Waals surface area contributed by atoms with Gasteiger partial charge in [0, 0.05) is 35.6 Å². The van der Waals surface area contributed by atoms with Crippen molar-refractivity contribution in [2.45, 2.75) is 50.4 Å². The summed E-state index contributed by atoms with van der Waals surface area (Å²) in [5.41, 5.74) is 1.97.